The highest BCUT2D eigenvalue weighted by Gasteiger charge is 2.38. The molecule has 1 nitrogen and oxygen atoms in total. The van der Waals surface area contributed by atoms with Crippen molar-refractivity contribution in [3.63, 3.8) is 0 Å². The fourth-order valence-electron chi connectivity index (χ4n) is 1.02. The van der Waals surface area contributed by atoms with Crippen LogP contribution in [0.2, 0.25) is 0 Å². The number of halogens is 7. The van der Waals surface area contributed by atoms with E-state index in [2.05, 4.69) is 20.9 Å². The Morgan fingerprint density at radius 3 is 2.00 bits per heavy atom. The van der Waals surface area contributed by atoms with Gasteiger partial charge in [0, 0.05) is 11.5 Å². The molecule has 0 aromatic carbocycles. The third kappa shape index (κ3) is 2.87. The SMILES string of the molecule is FC(F)(F)c1cnc(C(F)(F)F)c(CBr)c1. The third-order valence-electron chi connectivity index (χ3n) is 1.71. The molecule has 0 saturated heterocycles. The van der Waals surface area contributed by atoms with Gasteiger partial charge in [-0.25, -0.2) is 0 Å². The Hall–Kier alpha value is -0.790. The molecule has 0 fully saturated rings. The first-order valence-corrected chi connectivity index (χ1v) is 4.97. The van der Waals surface area contributed by atoms with Crippen molar-refractivity contribution in [1.29, 1.82) is 0 Å². The molecule has 0 atom stereocenters. The van der Waals surface area contributed by atoms with Crippen LogP contribution >= 0.6 is 15.9 Å². The Morgan fingerprint density at radius 2 is 1.62 bits per heavy atom. The summed E-state index contributed by atoms with van der Waals surface area (Å²) >= 11 is 2.69. The summed E-state index contributed by atoms with van der Waals surface area (Å²) in [6, 6.07) is 0.435. The molecule has 1 heterocycles. The first-order chi connectivity index (χ1) is 7.16. The van der Waals surface area contributed by atoms with E-state index in [0.29, 0.717) is 6.07 Å². The number of rotatable bonds is 1. The summed E-state index contributed by atoms with van der Waals surface area (Å²) in [5, 5.41) is -0.348. The van der Waals surface area contributed by atoms with E-state index in [1.165, 1.54) is 0 Å². The molecule has 90 valence electrons. The molecule has 0 unspecified atom stereocenters. The van der Waals surface area contributed by atoms with Crippen molar-refractivity contribution in [2.75, 3.05) is 0 Å². The molecule has 1 rings (SSSR count). The summed E-state index contributed by atoms with van der Waals surface area (Å²) in [4.78, 5) is 2.81. The Balaban J connectivity index is 3.28. The van der Waals surface area contributed by atoms with Crippen LogP contribution in [0.4, 0.5) is 26.3 Å². The van der Waals surface area contributed by atoms with Crippen LogP contribution in [-0.2, 0) is 17.7 Å². The summed E-state index contributed by atoms with van der Waals surface area (Å²) in [7, 11) is 0. The fraction of sp³-hybridized carbons (Fsp3) is 0.375. The van der Waals surface area contributed by atoms with Gasteiger partial charge in [0.05, 0.1) is 5.56 Å². The second-order valence-electron chi connectivity index (χ2n) is 2.86. The van der Waals surface area contributed by atoms with Crippen molar-refractivity contribution in [3.05, 3.63) is 29.1 Å². The number of alkyl halides is 7. The zero-order valence-corrected chi connectivity index (χ0v) is 9.04. The van der Waals surface area contributed by atoms with Crippen molar-refractivity contribution in [1.82, 2.24) is 4.98 Å². The predicted molar refractivity (Wildman–Crippen MR) is 46.9 cm³/mol. The first kappa shape index (κ1) is 13.3. The van der Waals surface area contributed by atoms with Gasteiger partial charge in [0.1, 0.15) is 5.69 Å². The third-order valence-corrected chi connectivity index (χ3v) is 2.31. The molecule has 16 heavy (non-hydrogen) atoms. The van der Waals surface area contributed by atoms with Crippen LogP contribution in [0.5, 0.6) is 0 Å². The lowest BCUT2D eigenvalue weighted by Gasteiger charge is -2.13. The average Bonchev–Trinajstić information content (AvgIpc) is 2.14. The zero-order valence-electron chi connectivity index (χ0n) is 7.45. The van der Waals surface area contributed by atoms with Gasteiger partial charge in [-0.05, 0) is 11.6 Å². The Kier molecular flexibility index (Phi) is 3.51. The summed E-state index contributed by atoms with van der Waals surface area (Å²) in [6.45, 7) is 0. The molecule has 0 bridgehead atoms. The molecule has 0 N–H and O–H groups in total. The number of aromatic nitrogens is 1. The van der Waals surface area contributed by atoms with E-state index < -0.39 is 29.2 Å². The minimum Gasteiger partial charge on any atom is -0.251 e. The molecule has 0 saturated carbocycles. The maximum atomic E-state index is 12.3. The molecule has 0 aliphatic carbocycles. The van der Waals surface area contributed by atoms with Crippen LogP contribution in [0.25, 0.3) is 0 Å². The fourth-order valence-corrected chi connectivity index (χ4v) is 1.45. The van der Waals surface area contributed by atoms with Crippen LogP contribution in [0.3, 0.4) is 0 Å². The molecule has 0 aliphatic heterocycles. The second-order valence-corrected chi connectivity index (χ2v) is 3.42. The van der Waals surface area contributed by atoms with E-state index in [4.69, 9.17) is 0 Å². The maximum absolute atomic E-state index is 12.3. The van der Waals surface area contributed by atoms with Gasteiger partial charge in [0.15, 0.2) is 0 Å². The number of hydrogen-bond donors (Lipinski definition) is 0. The van der Waals surface area contributed by atoms with Crippen LogP contribution in [0.15, 0.2) is 12.3 Å². The van der Waals surface area contributed by atoms with E-state index >= 15 is 0 Å². The zero-order chi connectivity index (χ0) is 12.6. The van der Waals surface area contributed by atoms with Crippen LogP contribution in [0, 0.1) is 0 Å². The molecule has 0 spiro atoms. The van der Waals surface area contributed by atoms with E-state index in [-0.39, 0.29) is 11.5 Å². The lowest BCUT2D eigenvalue weighted by molar-refractivity contribution is -0.144. The van der Waals surface area contributed by atoms with Gasteiger partial charge in [-0.15, -0.1) is 0 Å². The Morgan fingerprint density at radius 1 is 1.06 bits per heavy atom. The maximum Gasteiger partial charge on any atom is 0.433 e. The van der Waals surface area contributed by atoms with Gasteiger partial charge in [-0.3, -0.25) is 4.98 Å². The topological polar surface area (TPSA) is 12.9 Å². The van der Waals surface area contributed by atoms with E-state index in [0.717, 1.165) is 0 Å². The van der Waals surface area contributed by atoms with Gasteiger partial charge in [-0.1, -0.05) is 15.9 Å². The van der Waals surface area contributed by atoms with Gasteiger partial charge >= 0.3 is 12.4 Å². The Labute approximate surface area is 94.6 Å². The highest BCUT2D eigenvalue weighted by molar-refractivity contribution is 9.08. The lowest BCUT2D eigenvalue weighted by atomic mass is 10.1. The molecule has 0 amide bonds. The smallest absolute Gasteiger partial charge is 0.251 e. The summed E-state index contributed by atoms with van der Waals surface area (Å²) < 4.78 is 73.5. The summed E-state index contributed by atoms with van der Waals surface area (Å²) in [6.07, 6.45) is -9.28. The average molecular weight is 308 g/mol. The molecular formula is C8H4BrF6N. The van der Waals surface area contributed by atoms with Crippen molar-refractivity contribution in [2.24, 2.45) is 0 Å². The largest absolute Gasteiger partial charge is 0.433 e. The second kappa shape index (κ2) is 4.23. The highest BCUT2D eigenvalue weighted by Crippen LogP contribution is 2.35. The molecule has 0 radical (unpaired) electrons. The quantitative estimate of drug-likeness (QED) is 0.564. The van der Waals surface area contributed by atoms with Crippen molar-refractivity contribution >= 4 is 15.9 Å². The molecule has 0 aliphatic rings. The number of nitrogens with zero attached hydrogens (tertiary/aromatic N) is 1. The molecule has 1 aromatic rings. The highest BCUT2D eigenvalue weighted by atomic mass is 79.9. The van der Waals surface area contributed by atoms with Gasteiger partial charge in [0.25, 0.3) is 0 Å². The van der Waals surface area contributed by atoms with Crippen molar-refractivity contribution < 1.29 is 26.3 Å². The lowest BCUT2D eigenvalue weighted by Crippen LogP contribution is -2.14. The molecule has 8 heteroatoms. The monoisotopic (exact) mass is 307 g/mol. The minimum atomic E-state index is -4.76. The predicted octanol–water partition coefficient (Wildman–Crippen LogP) is 4.01. The first-order valence-electron chi connectivity index (χ1n) is 3.85. The number of hydrogen-bond acceptors (Lipinski definition) is 1. The van der Waals surface area contributed by atoms with Gasteiger partial charge < -0.3 is 0 Å². The van der Waals surface area contributed by atoms with Crippen LogP contribution in [-0.4, -0.2) is 4.98 Å². The van der Waals surface area contributed by atoms with Gasteiger partial charge in [0.2, 0.25) is 0 Å². The van der Waals surface area contributed by atoms with E-state index in [1.807, 2.05) is 0 Å². The summed E-state index contributed by atoms with van der Waals surface area (Å²) in [5.74, 6) is 0. The van der Waals surface area contributed by atoms with Crippen molar-refractivity contribution in [2.45, 2.75) is 17.7 Å². The summed E-state index contributed by atoms with van der Waals surface area (Å²) in [5.41, 5.74) is -3.05. The molecular weight excluding hydrogens is 304 g/mol. The minimum absolute atomic E-state index is 0.176. The van der Waals surface area contributed by atoms with Crippen LogP contribution < -0.4 is 0 Å². The molecule has 1 aromatic heterocycles. The number of pyridine rings is 1. The Bertz CT molecular complexity index is 383. The normalized spacial score (nSPS) is 12.9. The standard InChI is InChI=1S/C8H4BrF6N/c9-2-4-1-5(7(10,11)12)3-16-6(4)8(13,14)15/h1,3H,2H2. The van der Waals surface area contributed by atoms with Crippen molar-refractivity contribution in [3.8, 4) is 0 Å². The van der Waals surface area contributed by atoms with Gasteiger partial charge in [-0.2, -0.15) is 26.3 Å². The van der Waals surface area contributed by atoms with Crippen LogP contribution in [0.1, 0.15) is 16.8 Å². The van der Waals surface area contributed by atoms with E-state index in [9.17, 15) is 26.3 Å². The van der Waals surface area contributed by atoms with E-state index in [1.54, 1.807) is 0 Å².